The molecule has 9 heteroatoms. The maximum atomic E-state index is 11.9. The number of Topliss-reactive ketones (excluding diaryl/α,β-unsaturated/α-hetero) is 1. The molecular weight excluding hydrogens is 364 g/mol. The molecule has 2 aromatic heterocycles. The summed E-state index contributed by atoms with van der Waals surface area (Å²) in [4.78, 5) is 36.5. The van der Waals surface area contributed by atoms with Crippen molar-refractivity contribution in [3.05, 3.63) is 48.2 Å². The maximum Gasteiger partial charge on any atom is 0.333 e. The van der Waals surface area contributed by atoms with E-state index in [1.807, 2.05) is 13.0 Å². The fourth-order valence-electron chi connectivity index (χ4n) is 2.36. The molecule has 0 fully saturated rings. The predicted octanol–water partition coefficient (Wildman–Crippen LogP) is 3.35. The number of benzene rings is 1. The highest BCUT2D eigenvalue weighted by atomic mass is 32.1. The van der Waals surface area contributed by atoms with Crippen LogP contribution in [0.4, 0.5) is 22.1 Å². The zero-order chi connectivity index (χ0) is 19.4. The Bertz CT molecular complexity index is 1010. The van der Waals surface area contributed by atoms with E-state index in [4.69, 9.17) is 0 Å². The normalized spacial score (nSPS) is 10.5. The first-order valence-corrected chi connectivity index (χ1v) is 8.66. The Labute approximate surface area is 161 Å². The minimum atomic E-state index is -0.379. The SMILES string of the molecule is CCNC(=O)N(S)c1ccc2ncc(Nc3cccc(C(C)=O)c3)nc2n1. The number of amides is 2. The number of pyridine rings is 1. The number of urea groups is 1. The zero-order valence-electron chi connectivity index (χ0n) is 14.8. The molecule has 0 unspecified atom stereocenters. The van der Waals surface area contributed by atoms with E-state index in [2.05, 4.69) is 38.4 Å². The van der Waals surface area contributed by atoms with Crippen LogP contribution in [0.25, 0.3) is 11.2 Å². The fourth-order valence-corrected chi connectivity index (χ4v) is 2.54. The number of anilines is 3. The van der Waals surface area contributed by atoms with Crippen LogP contribution in [-0.2, 0) is 0 Å². The van der Waals surface area contributed by atoms with Gasteiger partial charge in [0.05, 0.1) is 6.20 Å². The summed E-state index contributed by atoms with van der Waals surface area (Å²) >= 11 is 4.17. The molecule has 138 valence electrons. The molecule has 0 aliphatic rings. The van der Waals surface area contributed by atoms with Crippen molar-refractivity contribution in [2.24, 2.45) is 0 Å². The quantitative estimate of drug-likeness (QED) is 0.462. The highest BCUT2D eigenvalue weighted by molar-refractivity contribution is 7.82. The molecule has 2 N–H and O–H groups in total. The number of carbonyl (C=O) groups is 2. The lowest BCUT2D eigenvalue weighted by Crippen LogP contribution is -2.34. The van der Waals surface area contributed by atoms with Crippen LogP contribution in [-0.4, -0.2) is 33.3 Å². The van der Waals surface area contributed by atoms with Gasteiger partial charge in [-0.3, -0.25) is 4.79 Å². The van der Waals surface area contributed by atoms with Crippen molar-refractivity contribution in [1.29, 1.82) is 0 Å². The van der Waals surface area contributed by atoms with Crippen molar-refractivity contribution in [2.45, 2.75) is 13.8 Å². The van der Waals surface area contributed by atoms with Crippen LogP contribution in [0.5, 0.6) is 0 Å². The van der Waals surface area contributed by atoms with Gasteiger partial charge in [0.25, 0.3) is 0 Å². The molecule has 0 aliphatic carbocycles. The number of nitrogens with zero attached hydrogens (tertiary/aromatic N) is 4. The molecule has 2 heterocycles. The van der Waals surface area contributed by atoms with Gasteiger partial charge in [0.2, 0.25) is 0 Å². The van der Waals surface area contributed by atoms with Gasteiger partial charge in [-0.1, -0.05) is 24.9 Å². The third-order valence-corrected chi connectivity index (χ3v) is 4.06. The van der Waals surface area contributed by atoms with Crippen LogP contribution in [0.2, 0.25) is 0 Å². The molecule has 1 aromatic carbocycles. The molecular formula is C18H18N6O2S. The monoisotopic (exact) mass is 382 g/mol. The lowest BCUT2D eigenvalue weighted by atomic mass is 10.1. The number of hydrogen-bond donors (Lipinski definition) is 3. The first-order chi connectivity index (χ1) is 13.0. The van der Waals surface area contributed by atoms with Gasteiger partial charge in [0, 0.05) is 17.8 Å². The van der Waals surface area contributed by atoms with Gasteiger partial charge in [-0.15, -0.1) is 0 Å². The average Bonchev–Trinajstić information content (AvgIpc) is 2.67. The van der Waals surface area contributed by atoms with Crippen LogP contribution >= 0.6 is 12.8 Å². The Morgan fingerprint density at radius 1 is 1.19 bits per heavy atom. The molecule has 0 saturated carbocycles. The second-order valence-corrected chi connectivity index (χ2v) is 6.08. The standard InChI is InChI=1S/C18H18N6O2S/c1-3-19-18(26)24(27)16-8-7-14-17(23-16)22-15(10-20-14)21-13-6-4-5-12(9-13)11(2)25/h4-10,27H,3H2,1-2H3,(H,19,26)(H,21,22,23). The van der Waals surface area contributed by atoms with E-state index >= 15 is 0 Å². The van der Waals surface area contributed by atoms with Gasteiger partial charge in [-0.25, -0.2) is 24.1 Å². The molecule has 3 aromatic rings. The molecule has 0 spiro atoms. The summed E-state index contributed by atoms with van der Waals surface area (Å²) < 4.78 is 1.11. The Balaban J connectivity index is 1.88. The average molecular weight is 382 g/mol. The molecule has 27 heavy (non-hydrogen) atoms. The lowest BCUT2D eigenvalue weighted by Gasteiger charge is -2.15. The molecule has 0 saturated heterocycles. The summed E-state index contributed by atoms with van der Waals surface area (Å²) in [6, 6.07) is 10.1. The van der Waals surface area contributed by atoms with Gasteiger partial charge in [0.1, 0.15) is 11.3 Å². The predicted molar refractivity (Wildman–Crippen MR) is 108 cm³/mol. The Morgan fingerprint density at radius 2 is 2.00 bits per heavy atom. The fraction of sp³-hybridized carbons (Fsp3) is 0.167. The third kappa shape index (κ3) is 4.32. The summed E-state index contributed by atoms with van der Waals surface area (Å²) in [7, 11) is 0. The first-order valence-electron chi connectivity index (χ1n) is 8.26. The largest absolute Gasteiger partial charge is 0.339 e. The van der Waals surface area contributed by atoms with Crippen molar-refractivity contribution < 1.29 is 9.59 Å². The highest BCUT2D eigenvalue weighted by Gasteiger charge is 2.13. The molecule has 0 aliphatic heterocycles. The van der Waals surface area contributed by atoms with Gasteiger partial charge in [-0.05, 0) is 38.1 Å². The van der Waals surface area contributed by atoms with E-state index in [1.165, 1.54) is 6.92 Å². The van der Waals surface area contributed by atoms with E-state index in [0.717, 1.165) is 4.31 Å². The number of ketones is 1. The van der Waals surface area contributed by atoms with Crippen LogP contribution in [0, 0.1) is 0 Å². The van der Waals surface area contributed by atoms with Crippen molar-refractivity contribution in [2.75, 3.05) is 16.2 Å². The Kier molecular flexibility index (Phi) is 5.51. The van der Waals surface area contributed by atoms with Crippen LogP contribution in [0.15, 0.2) is 42.6 Å². The Morgan fingerprint density at radius 3 is 2.74 bits per heavy atom. The van der Waals surface area contributed by atoms with Crippen LogP contribution in [0.3, 0.4) is 0 Å². The third-order valence-electron chi connectivity index (χ3n) is 3.67. The number of fused-ring (bicyclic) bond motifs is 1. The van der Waals surface area contributed by atoms with E-state index in [9.17, 15) is 9.59 Å². The summed E-state index contributed by atoms with van der Waals surface area (Å²) in [6.07, 6.45) is 1.58. The zero-order valence-corrected chi connectivity index (χ0v) is 15.7. The van der Waals surface area contributed by atoms with E-state index < -0.39 is 0 Å². The second-order valence-electron chi connectivity index (χ2n) is 5.68. The van der Waals surface area contributed by atoms with E-state index in [-0.39, 0.29) is 11.8 Å². The molecule has 0 radical (unpaired) electrons. The van der Waals surface area contributed by atoms with Crippen molar-refractivity contribution in [3.63, 3.8) is 0 Å². The number of rotatable bonds is 5. The molecule has 0 bridgehead atoms. The van der Waals surface area contributed by atoms with Gasteiger partial charge in [-0.2, -0.15) is 0 Å². The summed E-state index contributed by atoms with van der Waals surface area (Å²) in [6.45, 7) is 3.81. The highest BCUT2D eigenvalue weighted by Crippen LogP contribution is 2.20. The van der Waals surface area contributed by atoms with Crippen molar-refractivity contribution in [3.8, 4) is 0 Å². The number of hydrogen-bond acceptors (Lipinski definition) is 7. The molecule has 8 nitrogen and oxygen atoms in total. The first kappa shape index (κ1) is 18.6. The summed E-state index contributed by atoms with van der Waals surface area (Å²) in [5, 5.41) is 5.75. The van der Waals surface area contributed by atoms with Gasteiger partial charge >= 0.3 is 6.03 Å². The Hall–Kier alpha value is -3.20. The van der Waals surface area contributed by atoms with Gasteiger partial charge < -0.3 is 10.6 Å². The number of aromatic nitrogens is 3. The van der Waals surface area contributed by atoms with E-state index in [0.29, 0.717) is 40.6 Å². The maximum absolute atomic E-state index is 11.9. The van der Waals surface area contributed by atoms with Crippen molar-refractivity contribution in [1.82, 2.24) is 20.3 Å². The van der Waals surface area contributed by atoms with Crippen LogP contribution in [0.1, 0.15) is 24.2 Å². The molecule has 3 rings (SSSR count). The smallest absolute Gasteiger partial charge is 0.333 e. The number of nitrogens with one attached hydrogen (secondary N) is 2. The summed E-state index contributed by atoms with van der Waals surface area (Å²) in [5.41, 5.74) is 2.26. The van der Waals surface area contributed by atoms with E-state index in [1.54, 1.807) is 36.5 Å². The molecule has 2 amide bonds. The topological polar surface area (TPSA) is 100 Å². The lowest BCUT2D eigenvalue weighted by molar-refractivity contribution is 0.101. The second kappa shape index (κ2) is 8.00. The summed E-state index contributed by atoms with van der Waals surface area (Å²) in [5.74, 6) is 0.784. The van der Waals surface area contributed by atoms with Gasteiger partial charge in [0.15, 0.2) is 17.2 Å². The minimum Gasteiger partial charge on any atom is -0.339 e. The number of carbonyl (C=O) groups excluding carboxylic acids is 2. The van der Waals surface area contributed by atoms with Crippen molar-refractivity contribution >= 4 is 53.1 Å². The molecule has 0 atom stereocenters. The number of thiol groups is 1. The minimum absolute atomic E-state index is 0.0196. The van der Waals surface area contributed by atoms with Crippen LogP contribution < -0.4 is 14.9 Å².